The Hall–Kier alpha value is -2.46. The fourth-order valence-electron chi connectivity index (χ4n) is 5.52. The molecule has 4 rings (SSSR count). The molecule has 1 saturated carbocycles. The second-order valence-corrected chi connectivity index (χ2v) is 9.84. The van der Waals surface area contributed by atoms with Crippen LogP contribution in [-0.4, -0.2) is 63.2 Å². The lowest BCUT2D eigenvalue weighted by Crippen LogP contribution is -2.63. The van der Waals surface area contributed by atoms with Gasteiger partial charge in [0.05, 0.1) is 29.3 Å². The zero-order valence-electron chi connectivity index (χ0n) is 20.2. The molecule has 192 valence electrons. The van der Waals surface area contributed by atoms with E-state index in [-0.39, 0.29) is 29.7 Å². The number of likely N-dealkylation sites (tertiary alicyclic amines) is 1. The standard InChI is InChI=1S/C25H34F3N5O2/c1-3-24(35,4-2)16-5-8-19(9-6-16)33-13-18(14-33)32-22(34)12-29-23-20-11-17(25(26,27)28)7-10-21(20)30-15-31-23/h7,10-11,15-16,18-19,35H,3-6,8-9,12-14H2,1-2H3,(H,32,34)(H,29,30,31)/t16-,19-. The van der Waals surface area contributed by atoms with Gasteiger partial charge in [0.15, 0.2) is 0 Å². The third-order valence-corrected chi connectivity index (χ3v) is 7.85. The molecule has 0 bridgehead atoms. The molecular weight excluding hydrogens is 459 g/mol. The molecule has 1 amide bonds. The molecule has 7 nitrogen and oxygen atoms in total. The van der Waals surface area contributed by atoms with Gasteiger partial charge in [-0.2, -0.15) is 13.2 Å². The van der Waals surface area contributed by atoms with Gasteiger partial charge in [-0.15, -0.1) is 0 Å². The molecule has 0 unspecified atom stereocenters. The highest BCUT2D eigenvalue weighted by atomic mass is 19.4. The van der Waals surface area contributed by atoms with Crippen molar-refractivity contribution in [3.05, 3.63) is 30.1 Å². The maximum absolute atomic E-state index is 13.1. The number of nitrogens with one attached hydrogen (secondary N) is 2. The van der Waals surface area contributed by atoms with Crippen molar-refractivity contribution in [2.24, 2.45) is 5.92 Å². The van der Waals surface area contributed by atoms with E-state index in [0.717, 1.165) is 63.7 Å². The van der Waals surface area contributed by atoms with Crippen LogP contribution in [0.3, 0.4) is 0 Å². The third kappa shape index (κ3) is 5.69. The number of nitrogens with zero attached hydrogens (tertiary/aromatic N) is 3. The topological polar surface area (TPSA) is 90.4 Å². The van der Waals surface area contributed by atoms with Crippen LogP contribution >= 0.6 is 0 Å². The molecule has 3 N–H and O–H groups in total. The Balaban J connectivity index is 1.24. The summed E-state index contributed by atoms with van der Waals surface area (Å²) >= 11 is 0. The monoisotopic (exact) mass is 493 g/mol. The summed E-state index contributed by atoms with van der Waals surface area (Å²) in [6, 6.07) is 3.83. The molecule has 1 aromatic carbocycles. The van der Waals surface area contributed by atoms with Gasteiger partial charge in [-0.25, -0.2) is 9.97 Å². The van der Waals surface area contributed by atoms with Crippen LogP contribution in [-0.2, 0) is 11.0 Å². The number of alkyl halides is 3. The van der Waals surface area contributed by atoms with Crippen LogP contribution in [0.5, 0.6) is 0 Å². The van der Waals surface area contributed by atoms with Gasteiger partial charge in [-0.1, -0.05) is 13.8 Å². The number of hydrogen-bond acceptors (Lipinski definition) is 6. The second-order valence-electron chi connectivity index (χ2n) is 9.84. The van der Waals surface area contributed by atoms with Crippen LogP contribution in [0.4, 0.5) is 19.0 Å². The SMILES string of the molecule is CCC(O)(CC)[C@H]1CC[C@H](N2CC(NC(=O)CNc3ncnc4ccc(C(F)(F)F)cc34)C2)CC1. The van der Waals surface area contributed by atoms with E-state index in [0.29, 0.717) is 17.5 Å². The van der Waals surface area contributed by atoms with Gasteiger partial charge in [0, 0.05) is 24.5 Å². The van der Waals surface area contributed by atoms with Gasteiger partial charge in [-0.05, 0) is 62.6 Å². The summed E-state index contributed by atoms with van der Waals surface area (Å²) in [5, 5.41) is 16.9. The number of halogens is 3. The molecule has 2 aromatic rings. The fraction of sp³-hybridized carbons (Fsp3) is 0.640. The number of aromatic nitrogens is 2. The van der Waals surface area contributed by atoms with E-state index >= 15 is 0 Å². The lowest BCUT2D eigenvalue weighted by atomic mass is 9.72. The summed E-state index contributed by atoms with van der Waals surface area (Å²) in [7, 11) is 0. The Morgan fingerprint density at radius 1 is 1.11 bits per heavy atom. The maximum atomic E-state index is 13.1. The smallest absolute Gasteiger partial charge is 0.390 e. The van der Waals surface area contributed by atoms with Crippen molar-refractivity contribution in [2.45, 2.75) is 76.2 Å². The van der Waals surface area contributed by atoms with Gasteiger partial charge >= 0.3 is 6.18 Å². The van der Waals surface area contributed by atoms with E-state index < -0.39 is 17.3 Å². The maximum Gasteiger partial charge on any atom is 0.416 e. The summed E-state index contributed by atoms with van der Waals surface area (Å²) in [6.45, 7) is 5.60. The molecule has 1 aliphatic heterocycles. The fourth-order valence-corrected chi connectivity index (χ4v) is 5.52. The van der Waals surface area contributed by atoms with Crippen LogP contribution in [0.1, 0.15) is 57.9 Å². The zero-order chi connectivity index (χ0) is 25.2. The lowest BCUT2D eigenvalue weighted by molar-refractivity contribution is -0.137. The Labute approximate surface area is 203 Å². The number of amides is 1. The van der Waals surface area contributed by atoms with Gasteiger partial charge in [0.1, 0.15) is 12.1 Å². The van der Waals surface area contributed by atoms with E-state index in [9.17, 15) is 23.1 Å². The highest BCUT2D eigenvalue weighted by molar-refractivity contribution is 5.91. The molecule has 0 spiro atoms. The average molecular weight is 494 g/mol. The van der Waals surface area contributed by atoms with Crippen molar-refractivity contribution in [2.75, 3.05) is 25.0 Å². The largest absolute Gasteiger partial charge is 0.416 e. The van der Waals surface area contributed by atoms with Crippen LogP contribution in [0.25, 0.3) is 10.9 Å². The summed E-state index contributed by atoms with van der Waals surface area (Å²) in [6.07, 6.45) is 2.56. The number of fused-ring (bicyclic) bond motifs is 1. The Morgan fingerprint density at radius 2 is 1.80 bits per heavy atom. The van der Waals surface area contributed by atoms with Crippen molar-refractivity contribution in [3.8, 4) is 0 Å². The van der Waals surface area contributed by atoms with Crippen molar-refractivity contribution in [3.63, 3.8) is 0 Å². The van der Waals surface area contributed by atoms with E-state index in [4.69, 9.17) is 0 Å². The number of aliphatic hydroxyl groups is 1. The summed E-state index contributed by atoms with van der Waals surface area (Å²) in [5.74, 6) is 0.331. The van der Waals surface area contributed by atoms with E-state index in [1.165, 1.54) is 12.4 Å². The molecular formula is C25H34F3N5O2. The Morgan fingerprint density at radius 3 is 2.43 bits per heavy atom. The number of carbonyl (C=O) groups excluding carboxylic acids is 1. The molecule has 0 radical (unpaired) electrons. The van der Waals surface area contributed by atoms with Crippen LogP contribution in [0, 0.1) is 5.92 Å². The van der Waals surface area contributed by atoms with Crippen LogP contribution in [0.15, 0.2) is 24.5 Å². The van der Waals surface area contributed by atoms with Gasteiger partial charge in [0.2, 0.25) is 5.91 Å². The number of anilines is 1. The van der Waals surface area contributed by atoms with Gasteiger partial charge in [0.25, 0.3) is 0 Å². The minimum absolute atomic E-state index is 0.0595. The first-order chi connectivity index (χ1) is 16.6. The van der Waals surface area contributed by atoms with E-state index in [1.54, 1.807) is 0 Å². The summed E-state index contributed by atoms with van der Waals surface area (Å²) < 4.78 is 39.2. The van der Waals surface area contributed by atoms with Crippen molar-refractivity contribution in [1.29, 1.82) is 0 Å². The molecule has 1 aromatic heterocycles. The predicted molar refractivity (Wildman–Crippen MR) is 128 cm³/mol. The quantitative estimate of drug-likeness (QED) is 0.516. The number of hydrogen-bond donors (Lipinski definition) is 3. The highest BCUT2D eigenvalue weighted by Gasteiger charge is 2.40. The molecule has 2 heterocycles. The molecule has 2 aliphatic rings. The van der Waals surface area contributed by atoms with Crippen LogP contribution in [0.2, 0.25) is 0 Å². The molecule has 1 aliphatic carbocycles. The van der Waals surface area contributed by atoms with Crippen molar-refractivity contribution < 1.29 is 23.1 Å². The minimum Gasteiger partial charge on any atom is -0.390 e. The molecule has 10 heteroatoms. The zero-order valence-corrected chi connectivity index (χ0v) is 20.2. The normalized spacial score (nSPS) is 22.1. The number of rotatable bonds is 8. The Kier molecular flexibility index (Phi) is 7.51. The van der Waals surface area contributed by atoms with Crippen molar-refractivity contribution >= 4 is 22.6 Å². The predicted octanol–water partition coefficient (Wildman–Crippen LogP) is 3.97. The van der Waals surface area contributed by atoms with E-state index in [1.807, 2.05) is 0 Å². The molecule has 2 fully saturated rings. The number of benzene rings is 1. The third-order valence-electron chi connectivity index (χ3n) is 7.85. The lowest BCUT2D eigenvalue weighted by Gasteiger charge is -2.48. The van der Waals surface area contributed by atoms with Gasteiger partial charge < -0.3 is 15.7 Å². The second kappa shape index (κ2) is 10.3. The van der Waals surface area contributed by atoms with Crippen LogP contribution < -0.4 is 10.6 Å². The highest BCUT2D eigenvalue weighted by Crippen LogP contribution is 2.39. The first-order valence-corrected chi connectivity index (χ1v) is 12.4. The minimum atomic E-state index is -4.47. The first kappa shape index (κ1) is 25.6. The van der Waals surface area contributed by atoms with E-state index in [2.05, 4.69) is 39.3 Å². The molecule has 0 atom stereocenters. The Bertz CT molecular complexity index is 1030. The first-order valence-electron chi connectivity index (χ1n) is 12.4. The van der Waals surface area contributed by atoms with Crippen molar-refractivity contribution in [1.82, 2.24) is 20.2 Å². The summed E-state index contributed by atoms with van der Waals surface area (Å²) in [4.78, 5) is 22.9. The molecule has 1 saturated heterocycles. The molecule has 35 heavy (non-hydrogen) atoms. The number of carbonyl (C=O) groups is 1. The average Bonchev–Trinajstić information content (AvgIpc) is 2.83. The van der Waals surface area contributed by atoms with Gasteiger partial charge in [-0.3, -0.25) is 9.69 Å². The summed E-state index contributed by atoms with van der Waals surface area (Å²) in [5.41, 5.74) is -0.964.